The third kappa shape index (κ3) is 2.10. The quantitative estimate of drug-likeness (QED) is 0.654. The second-order valence-corrected chi connectivity index (χ2v) is 2.57. The average Bonchev–Trinajstić information content (AvgIpc) is 2.01. The Balaban J connectivity index is 3.23. The molecule has 13 heavy (non-hydrogen) atoms. The Morgan fingerprint density at radius 2 is 2.08 bits per heavy atom. The summed E-state index contributed by atoms with van der Waals surface area (Å²) in [6.07, 6.45) is -3.99. The first-order chi connectivity index (χ1) is 5.95. The Kier molecular flexibility index (Phi) is 2.43. The highest BCUT2D eigenvalue weighted by Gasteiger charge is 2.33. The zero-order chi connectivity index (χ0) is 10.1. The fourth-order valence-electron chi connectivity index (χ4n) is 0.701. The molecule has 0 saturated carbocycles. The minimum Gasteiger partial charge on any atom is -0.245 e. The molecule has 0 fully saturated rings. The Morgan fingerprint density at radius 1 is 1.46 bits per heavy atom. The minimum absolute atomic E-state index is 0.141. The van der Waals surface area contributed by atoms with E-state index in [1.54, 1.807) is 6.07 Å². The number of nitriles is 1. The first kappa shape index (κ1) is 9.81. The van der Waals surface area contributed by atoms with Gasteiger partial charge in [-0.15, -0.1) is 0 Å². The summed E-state index contributed by atoms with van der Waals surface area (Å²) in [5.74, 6) is 0. The van der Waals surface area contributed by atoms with Gasteiger partial charge in [-0.25, -0.2) is 4.98 Å². The van der Waals surface area contributed by atoms with E-state index in [-0.39, 0.29) is 5.69 Å². The van der Waals surface area contributed by atoms with Gasteiger partial charge in [-0.05, 0) is 6.07 Å². The number of halogens is 4. The Labute approximate surface area is 76.6 Å². The molecule has 0 amide bonds. The van der Waals surface area contributed by atoms with Gasteiger partial charge in [0.05, 0.1) is 10.6 Å². The van der Waals surface area contributed by atoms with Crippen molar-refractivity contribution in [3.63, 3.8) is 0 Å². The maximum absolute atomic E-state index is 12.1. The molecule has 0 unspecified atom stereocenters. The lowest BCUT2D eigenvalue weighted by Gasteiger charge is -2.07. The van der Waals surface area contributed by atoms with Gasteiger partial charge in [0.2, 0.25) is 0 Å². The van der Waals surface area contributed by atoms with E-state index < -0.39 is 16.8 Å². The fourth-order valence-corrected chi connectivity index (χ4v) is 0.960. The molecule has 0 spiro atoms. The van der Waals surface area contributed by atoms with Crippen molar-refractivity contribution in [1.82, 2.24) is 4.98 Å². The summed E-state index contributed by atoms with van der Waals surface area (Å²) >= 11 is 5.28. The SMILES string of the molecule is N#Cc1cc(Cl)c(C(F)(F)F)cn1. The van der Waals surface area contributed by atoms with Gasteiger partial charge in [0.1, 0.15) is 11.8 Å². The maximum Gasteiger partial charge on any atom is 0.419 e. The number of rotatable bonds is 0. The second-order valence-electron chi connectivity index (χ2n) is 2.16. The lowest BCUT2D eigenvalue weighted by Crippen LogP contribution is -2.06. The normalized spacial score (nSPS) is 11.0. The number of pyridine rings is 1. The molecule has 1 aromatic rings. The van der Waals surface area contributed by atoms with Crippen LogP contribution in [0.1, 0.15) is 11.3 Å². The molecule has 0 aliphatic carbocycles. The number of hydrogen-bond donors (Lipinski definition) is 0. The van der Waals surface area contributed by atoms with Crippen LogP contribution < -0.4 is 0 Å². The predicted octanol–water partition coefficient (Wildman–Crippen LogP) is 2.63. The highest BCUT2D eigenvalue weighted by molar-refractivity contribution is 6.31. The number of hydrogen-bond acceptors (Lipinski definition) is 2. The molecule has 1 heterocycles. The van der Waals surface area contributed by atoms with E-state index in [2.05, 4.69) is 4.98 Å². The number of aromatic nitrogens is 1. The lowest BCUT2D eigenvalue weighted by molar-refractivity contribution is -0.137. The molecule has 1 aromatic heterocycles. The van der Waals surface area contributed by atoms with E-state index >= 15 is 0 Å². The van der Waals surface area contributed by atoms with Crippen LogP contribution >= 0.6 is 11.6 Å². The van der Waals surface area contributed by atoms with Crippen molar-refractivity contribution >= 4 is 11.6 Å². The molecular weight excluding hydrogens is 205 g/mol. The summed E-state index contributed by atoms with van der Waals surface area (Å²) in [4.78, 5) is 3.26. The maximum atomic E-state index is 12.1. The van der Waals surface area contributed by atoms with Crippen molar-refractivity contribution in [1.29, 1.82) is 5.26 Å². The molecule has 6 heteroatoms. The monoisotopic (exact) mass is 206 g/mol. The van der Waals surface area contributed by atoms with Crippen molar-refractivity contribution < 1.29 is 13.2 Å². The minimum atomic E-state index is -4.53. The molecule has 0 saturated heterocycles. The van der Waals surface area contributed by atoms with E-state index in [4.69, 9.17) is 16.9 Å². The first-order valence-corrected chi connectivity index (χ1v) is 3.46. The fraction of sp³-hybridized carbons (Fsp3) is 0.143. The van der Waals surface area contributed by atoms with Crippen LogP contribution in [0.3, 0.4) is 0 Å². The van der Waals surface area contributed by atoms with Crippen LogP contribution in [0.4, 0.5) is 13.2 Å². The molecule has 0 bridgehead atoms. The van der Waals surface area contributed by atoms with Gasteiger partial charge in [0.15, 0.2) is 0 Å². The molecule has 0 N–H and O–H groups in total. The molecule has 68 valence electrons. The summed E-state index contributed by atoms with van der Waals surface area (Å²) in [6, 6.07) is 2.46. The number of alkyl halides is 3. The number of nitrogens with zero attached hydrogens (tertiary/aromatic N) is 2. The topological polar surface area (TPSA) is 36.7 Å². The van der Waals surface area contributed by atoms with Crippen LogP contribution in [0.2, 0.25) is 5.02 Å². The molecule has 0 radical (unpaired) electrons. The van der Waals surface area contributed by atoms with E-state index in [1.165, 1.54) is 0 Å². The van der Waals surface area contributed by atoms with Crippen molar-refractivity contribution in [2.75, 3.05) is 0 Å². The Hall–Kier alpha value is -1.28. The van der Waals surface area contributed by atoms with Gasteiger partial charge in [-0.3, -0.25) is 0 Å². The van der Waals surface area contributed by atoms with Crippen LogP contribution in [0.15, 0.2) is 12.3 Å². The van der Waals surface area contributed by atoms with Crippen molar-refractivity contribution in [3.8, 4) is 6.07 Å². The van der Waals surface area contributed by atoms with E-state index in [0.29, 0.717) is 6.20 Å². The van der Waals surface area contributed by atoms with Crippen LogP contribution in [0.5, 0.6) is 0 Å². The lowest BCUT2D eigenvalue weighted by atomic mass is 10.2. The molecule has 0 atom stereocenters. The molecule has 2 nitrogen and oxygen atoms in total. The summed E-state index contributed by atoms with van der Waals surface area (Å²) in [6.45, 7) is 0. The first-order valence-electron chi connectivity index (χ1n) is 3.08. The second kappa shape index (κ2) is 3.23. The van der Waals surface area contributed by atoms with Crippen LogP contribution in [0, 0.1) is 11.3 Å². The van der Waals surface area contributed by atoms with E-state index in [0.717, 1.165) is 6.07 Å². The van der Waals surface area contributed by atoms with Crippen molar-refractivity contribution in [3.05, 3.63) is 28.5 Å². The van der Waals surface area contributed by atoms with Crippen molar-refractivity contribution in [2.45, 2.75) is 6.18 Å². The largest absolute Gasteiger partial charge is 0.419 e. The van der Waals surface area contributed by atoms with Crippen LogP contribution in [-0.2, 0) is 6.18 Å². The van der Waals surface area contributed by atoms with Gasteiger partial charge < -0.3 is 0 Å². The van der Waals surface area contributed by atoms with Crippen LogP contribution in [0.25, 0.3) is 0 Å². The summed E-state index contributed by atoms with van der Waals surface area (Å²) in [7, 11) is 0. The third-order valence-electron chi connectivity index (χ3n) is 1.27. The van der Waals surface area contributed by atoms with Gasteiger partial charge in [0.25, 0.3) is 0 Å². The predicted molar refractivity (Wildman–Crippen MR) is 39.0 cm³/mol. The zero-order valence-electron chi connectivity index (χ0n) is 6.06. The molecule has 0 aromatic carbocycles. The standard InChI is InChI=1S/C7H2ClF3N2/c8-6-1-4(2-12)13-3-5(6)7(9,10)11/h1,3H. The van der Waals surface area contributed by atoms with Crippen molar-refractivity contribution in [2.24, 2.45) is 0 Å². The van der Waals surface area contributed by atoms with Gasteiger partial charge in [0, 0.05) is 6.20 Å². The highest BCUT2D eigenvalue weighted by atomic mass is 35.5. The molecular formula is C7H2ClF3N2. The Morgan fingerprint density at radius 3 is 2.46 bits per heavy atom. The van der Waals surface area contributed by atoms with E-state index in [9.17, 15) is 13.2 Å². The third-order valence-corrected chi connectivity index (χ3v) is 1.59. The zero-order valence-corrected chi connectivity index (χ0v) is 6.82. The molecule has 0 aliphatic rings. The summed E-state index contributed by atoms with van der Waals surface area (Å²) < 4.78 is 36.2. The van der Waals surface area contributed by atoms with Gasteiger partial charge in [-0.2, -0.15) is 18.4 Å². The average molecular weight is 207 g/mol. The van der Waals surface area contributed by atoms with E-state index in [1.807, 2.05) is 0 Å². The van der Waals surface area contributed by atoms with Gasteiger partial charge >= 0.3 is 6.18 Å². The van der Waals surface area contributed by atoms with Gasteiger partial charge in [-0.1, -0.05) is 11.6 Å². The molecule has 0 aliphatic heterocycles. The van der Waals surface area contributed by atoms with Crippen LogP contribution in [-0.4, -0.2) is 4.98 Å². The summed E-state index contributed by atoms with van der Waals surface area (Å²) in [5.41, 5.74) is -1.17. The smallest absolute Gasteiger partial charge is 0.245 e. The highest BCUT2D eigenvalue weighted by Crippen LogP contribution is 2.33. The summed E-state index contributed by atoms with van der Waals surface area (Å²) in [5, 5.41) is 7.79. The Bertz CT molecular complexity index is 367. The molecule has 1 rings (SSSR count).